The lowest BCUT2D eigenvalue weighted by molar-refractivity contribution is 0.712. The van der Waals surface area contributed by atoms with E-state index in [2.05, 4.69) is 19.1 Å². The highest BCUT2D eigenvalue weighted by Crippen LogP contribution is 2.40. The molecule has 0 heteroatoms. The number of allylic oxidation sites excluding steroid dienone is 4. The fraction of sp³-hybridized carbons (Fsp3) is 0.556. The summed E-state index contributed by atoms with van der Waals surface area (Å²) in [5.41, 5.74) is 3.36. The van der Waals surface area contributed by atoms with E-state index in [-0.39, 0.29) is 0 Å². The van der Waals surface area contributed by atoms with E-state index in [1.54, 1.807) is 11.1 Å². The molecule has 0 spiro atoms. The molecule has 0 aromatic rings. The topological polar surface area (TPSA) is 0 Å². The quantitative estimate of drug-likeness (QED) is 0.499. The molecule has 0 nitrogen and oxygen atoms in total. The summed E-state index contributed by atoms with van der Waals surface area (Å²) in [7, 11) is 0. The van der Waals surface area contributed by atoms with E-state index in [9.17, 15) is 0 Å². The van der Waals surface area contributed by atoms with Crippen molar-refractivity contribution in [3.63, 3.8) is 0 Å². The number of hydrogen-bond donors (Lipinski definition) is 0. The summed E-state index contributed by atoms with van der Waals surface area (Å²) < 4.78 is 0. The van der Waals surface area contributed by atoms with Gasteiger partial charge in [0.15, 0.2) is 0 Å². The summed E-state index contributed by atoms with van der Waals surface area (Å²) >= 11 is 0. The molecule has 0 amide bonds. The summed E-state index contributed by atoms with van der Waals surface area (Å²) in [5.74, 6) is 0.852. The molecule has 0 aromatic heterocycles. The van der Waals surface area contributed by atoms with Crippen LogP contribution in [0.25, 0.3) is 0 Å². The first-order valence-corrected chi connectivity index (χ1v) is 3.82. The minimum absolute atomic E-state index is 0.852. The van der Waals surface area contributed by atoms with Crippen LogP contribution in [-0.2, 0) is 0 Å². The Kier molecular flexibility index (Phi) is 1.01. The van der Waals surface area contributed by atoms with E-state index < -0.39 is 0 Å². The molecular formula is C9H12. The first kappa shape index (κ1) is 5.28. The average Bonchev–Trinajstić information content (AvgIpc) is 2.44. The van der Waals surface area contributed by atoms with Crippen LogP contribution in [0.3, 0.4) is 0 Å². The van der Waals surface area contributed by atoms with Crippen LogP contribution < -0.4 is 0 Å². The third-order valence-electron chi connectivity index (χ3n) is 2.50. The Morgan fingerprint density at radius 1 is 1.67 bits per heavy atom. The third kappa shape index (κ3) is 0.592. The Morgan fingerprint density at radius 3 is 2.78 bits per heavy atom. The van der Waals surface area contributed by atoms with Gasteiger partial charge < -0.3 is 0 Å². The maximum atomic E-state index is 2.36. The molecule has 0 radical (unpaired) electrons. The minimum atomic E-state index is 0.852. The molecule has 1 atom stereocenters. The lowest BCUT2D eigenvalue weighted by Gasteiger charge is -2.03. The molecule has 2 bridgehead atoms. The Balaban J connectivity index is 2.33. The van der Waals surface area contributed by atoms with Crippen LogP contribution in [0.2, 0.25) is 0 Å². The van der Waals surface area contributed by atoms with Crippen molar-refractivity contribution in [2.24, 2.45) is 5.92 Å². The summed E-state index contributed by atoms with van der Waals surface area (Å²) in [5, 5.41) is 0. The van der Waals surface area contributed by atoms with Gasteiger partial charge in [-0.25, -0.2) is 0 Å². The van der Waals surface area contributed by atoms with Crippen molar-refractivity contribution in [1.29, 1.82) is 0 Å². The molecule has 1 unspecified atom stereocenters. The molecule has 0 fully saturated rings. The van der Waals surface area contributed by atoms with Gasteiger partial charge in [0.25, 0.3) is 0 Å². The summed E-state index contributed by atoms with van der Waals surface area (Å²) in [6, 6.07) is 0. The van der Waals surface area contributed by atoms with Gasteiger partial charge in [-0.15, -0.1) is 0 Å². The normalized spacial score (nSPS) is 30.6. The van der Waals surface area contributed by atoms with E-state index in [1.165, 1.54) is 19.3 Å². The van der Waals surface area contributed by atoms with Crippen LogP contribution in [0.5, 0.6) is 0 Å². The van der Waals surface area contributed by atoms with E-state index in [1.807, 2.05) is 0 Å². The monoisotopic (exact) mass is 120 g/mol. The van der Waals surface area contributed by atoms with Crippen molar-refractivity contribution in [2.45, 2.75) is 26.2 Å². The molecule has 0 heterocycles. The summed E-state index contributed by atoms with van der Waals surface area (Å²) in [6.07, 6.45) is 8.69. The van der Waals surface area contributed by atoms with Crippen molar-refractivity contribution < 1.29 is 0 Å². The molecule has 0 aromatic carbocycles. The summed E-state index contributed by atoms with van der Waals surface area (Å²) in [4.78, 5) is 0. The third-order valence-corrected chi connectivity index (χ3v) is 2.50. The average molecular weight is 120 g/mol. The first-order chi connectivity index (χ1) is 4.42. The Labute approximate surface area is 56.3 Å². The Hall–Kier alpha value is -0.520. The predicted octanol–water partition coefficient (Wildman–Crippen LogP) is 2.67. The van der Waals surface area contributed by atoms with Gasteiger partial charge in [0.1, 0.15) is 0 Å². The maximum absolute atomic E-state index is 2.36. The lowest BCUT2D eigenvalue weighted by Crippen LogP contribution is -1.90. The molecule has 2 aliphatic carbocycles. The molecular weight excluding hydrogens is 108 g/mol. The van der Waals surface area contributed by atoms with Gasteiger partial charge in [0.05, 0.1) is 0 Å². The van der Waals surface area contributed by atoms with Crippen LogP contribution in [0.15, 0.2) is 23.3 Å². The number of fused-ring (bicyclic) bond motifs is 1. The second-order valence-corrected chi connectivity index (χ2v) is 2.91. The minimum Gasteiger partial charge on any atom is -0.0770 e. The van der Waals surface area contributed by atoms with Crippen molar-refractivity contribution >= 4 is 0 Å². The van der Waals surface area contributed by atoms with Gasteiger partial charge in [-0.05, 0) is 30.8 Å². The zero-order valence-corrected chi connectivity index (χ0v) is 5.85. The smallest absolute Gasteiger partial charge is 0.00112 e. The second-order valence-electron chi connectivity index (χ2n) is 2.91. The van der Waals surface area contributed by atoms with E-state index in [0.717, 1.165) is 5.92 Å². The van der Waals surface area contributed by atoms with Crippen LogP contribution in [0, 0.1) is 5.92 Å². The number of rotatable bonds is 1. The second kappa shape index (κ2) is 1.73. The predicted molar refractivity (Wildman–Crippen MR) is 39.2 cm³/mol. The summed E-state index contributed by atoms with van der Waals surface area (Å²) in [6.45, 7) is 2.26. The van der Waals surface area contributed by atoms with Crippen molar-refractivity contribution in [3.05, 3.63) is 23.3 Å². The van der Waals surface area contributed by atoms with Crippen molar-refractivity contribution in [2.75, 3.05) is 0 Å². The highest BCUT2D eigenvalue weighted by atomic mass is 14.3. The van der Waals surface area contributed by atoms with Crippen LogP contribution in [0.4, 0.5) is 0 Å². The van der Waals surface area contributed by atoms with Crippen molar-refractivity contribution in [1.82, 2.24) is 0 Å². The van der Waals surface area contributed by atoms with E-state index in [4.69, 9.17) is 0 Å². The largest absolute Gasteiger partial charge is 0.0770 e. The fourth-order valence-electron chi connectivity index (χ4n) is 2.01. The SMILES string of the molecule is CCC1=C2C=CC1CC2. The van der Waals surface area contributed by atoms with Crippen LogP contribution in [0.1, 0.15) is 26.2 Å². The highest BCUT2D eigenvalue weighted by Gasteiger charge is 2.24. The van der Waals surface area contributed by atoms with Gasteiger partial charge >= 0.3 is 0 Å². The van der Waals surface area contributed by atoms with E-state index in [0.29, 0.717) is 0 Å². The lowest BCUT2D eigenvalue weighted by atomic mass is 10.0. The molecule has 0 aliphatic heterocycles. The highest BCUT2D eigenvalue weighted by molar-refractivity contribution is 5.40. The van der Waals surface area contributed by atoms with Gasteiger partial charge in [0, 0.05) is 0 Å². The van der Waals surface area contributed by atoms with E-state index >= 15 is 0 Å². The molecule has 2 aliphatic rings. The van der Waals surface area contributed by atoms with Crippen molar-refractivity contribution in [3.8, 4) is 0 Å². The molecule has 0 saturated carbocycles. The molecule has 9 heavy (non-hydrogen) atoms. The van der Waals surface area contributed by atoms with Gasteiger partial charge in [-0.3, -0.25) is 0 Å². The standard InChI is InChI=1S/C9H12/c1-2-9-7-3-4-8(9)6-5-7/h3-4,7H,2,5-6H2,1H3. The Bertz CT molecular complexity index is 184. The molecule has 2 rings (SSSR count). The van der Waals surface area contributed by atoms with Gasteiger partial charge in [-0.1, -0.05) is 24.6 Å². The first-order valence-electron chi connectivity index (χ1n) is 3.82. The molecule has 0 N–H and O–H groups in total. The van der Waals surface area contributed by atoms with Crippen LogP contribution >= 0.6 is 0 Å². The molecule has 48 valence electrons. The van der Waals surface area contributed by atoms with Gasteiger partial charge in [-0.2, -0.15) is 0 Å². The zero-order valence-electron chi connectivity index (χ0n) is 5.85. The zero-order chi connectivity index (χ0) is 6.27. The fourth-order valence-corrected chi connectivity index (χ4v) is 2.01. The van der Waals surface area contributed by atoms with Crippen LogP contribution in [-0.4, -0.2) is 0 Å². The van der Waals surface area contributed by atoms with Gasteiger partial charge in [0.2, 0.25) is 0 Å². The maximum Gasteiger partial charge on any atom is -0.00112 e. The molecule has 0 saturated heterocycles. The number of hydrogen-bond acceptors (Lipinski definition) is 0. The Morgan fingerprint density at radius 2 is 2.56 bits per heavy atom.